The Bertz CT molecular complexity index is 1280. The van der Waals surface area contributed by atoms with Crippen molar-refractivity contribution < 1.29 is 64.1 Å². The first kappa shape index (κ1) is 38.7. The second kappa shape index (κ2) is 17.6. The molecule has 2 rings (SSSR count). The van der Waals surface area contributed by atoms with E-state index in [0.29, 0.717) is 0 Å². The summed E-state index contributed by atoms with van der Waals surface area (Å²) >= 11 is 0. The Kier molecular flexibility index (Phi) is 16.6. The number of rotatable bonds is 10. The van der Waals surface area contributed by atoms with Gasteiger partial charge in [-0.2, -0.15) is 0 Å². The van der Waals surface area contributed by atoms with E-state index >= 15 is 0 Å². The van der Waals surface area contributed by atoms with Gasteiger partial charge in [-0.3, -0.25) is 0 Å². The van der Waals surface area contributed by atoms with E-state index in [1.807, 2.05) is 0 Å². The molecule has 0 radical (unpaired) electrons. The molecule has 0 bridgehead atoms. The van der Waals surface area contributed by atoms with E-state index in [1.165, 1.54) is 0 Å². The average molecular weight is 740 g/mol. The Hall–Kier alpha value is -2.29. The molecular weight excluding hydrogens is 714 g/mol. The molecule has 0 amide bonds. The Labute approximate surface area is 277 Å². The Morgan fingerprint density at radius 3 is 0.854 bits per heavy atom. The molecule has 41 heavy (non-hydrogen) atoms. The second-order valence-corrected chi connectivity index (χ2v) is 10.0. The van der Waals surface area contributed by atoms with Gasteiger partial charge in [0.2, 0.25) is 0 Å². The van der Waals surface area contributed by atoms with E-state index in [4.69, 9.17) is 18.9 Å². The van der Waals surface area contributed by atoms with Gasteiger partial charge in [0.1, 0.15) is 20.2 Å². The fourth-order valence-corrected chi connectivity index (χ4v) is 3.90. The zero-order chi connectivity index (χ0) is 30.7. The van der Waals surface area contributed by atoms with Crippen LogP contribution in [0, 0.1) is 0 Å². The monoisotopic (exact) mass is 740 g/mol. The van der Waals surface area contributed by atoms with Gasteiger partial charge in [0.25, 0.3) is 0 Å². The summed E-state index contributed by atoms with van der Waals surface area (Å²) in [4.78, 5) is 45.0. The topological polar surface area (TPSA) is 220 Å². The molecule has 0 saturated heterocycles. The minimum Gasteiger partial charge on any atom is -0.744 e. The van der Waals surface area contributed by atoms with Crippen LogP contribution in [0.1, 0.15) is 69.1 Å². The van der Waals surface area contributed by atoms with Gasteiger partial charge in [0.05, 0.1) is 58.5 Å². The maximum absolute atomic E-state index is 11.6. The zero-order valence-corrected chi connectivity index (χ0v) is 28.6. The molecule has 0 fully saturated rings. The van der Waals surface area contributed by atoms with Crippen molar-refractivity contribution in [1.82, 2.24) is 0 Å². The minimum atomic E-state index is -4.81. The Morgan fingerprint density at radius 1 is 0.512 bits per heavy atom. The third-order valence-electron chi connectivity index (χ3n) is 4.43. The third kappa shape index (κ3) is 12.6. The third-order valence-corrected chi connectivity index (χ3v) is 6.06. The fraction of sp³-hybridized carbons (Fsp3) is 0.333. The number of hydrogen-bond acceptors (Lipinski definition) is 14. The summed E-state index contributed by atoms with van der Waals surface area (Å²) in [7, 11) is -9.62. The standard InChI is InChI=1S/2C12H14O7S.Ba/c2*1-3-18-11(13)8-5-9(12(14)19-4-2)7-10(6-8)20(15,16)17;/h2*5-7H,3-4H2,1-2H3,(H,15,16,17);/q;;+2/p-2. The number of benzene rings is 2. The van der Waals surface area contributed by atoms with Crippen molar-refractivity contribution in [3.05, 3.63) is 58.7 Å². The normalized spacial score (nSPS) is 10.7. The molecule has 0 unspecified atom stereocenters. The van der Waals surface area contributed by atoms with Crippen LogP contribution in [0.2, 0.25) is 0 Å². The number of esters is 4. The van der Waals surface area contributed by atoms with Gasteiger partial charge in [-0.25, -0.2) is 36.0 Å². The summed E-state index contributed by atoms with van der Waals surface area (Å²) in [6.07, 6.45) is 0. The maximum Gasteiger partial charge on any atom is 2.00 e. The predicted molar refractivity (Wildman–Crippen MR) is 138 cm³/mol. The molecule has 0 heterocycles. The van der Waals surface area contributed by atoms with Crippen LogP contribution in [-0.4, -0.2) is 125 Å². The molecule has 2 aromatic rings. The van der Waals surface area contributed by atoms with E-state index in [0.717, 1.165) is 36.4 Å². The van der Waals surface area contributed by atoms with Crippen LogP contribution < -0.4 is 0 Å². The Balaban J connectivity index is 0.000000762. The molecule has 220 valence electrons. The molecule has 14 nitrogen and oxygen atoms in total. The van der Waals surface area contributed by atoms with Crippen LogP contribution in [0.25, 0.3) is 0 Å². The zero-order valence-electron chi connectivity index (χ0n) is 22.5. The minimum absolute atomic E-state index is 0. The van der Waals surface area contributed by atoms with Crippen molar-refractivity contribution >= 4 is 93.0 Å². The van der Waals surface area contributed by atoms with Crippen molar-refractivity contribution in [1.29, 1.82) is 0 Å². The molecule has 0 spiro atoms. The molecule has 2 aromatic carbocycles. The summed E-state index contributed by atoms with van der Waals surface area (Å²) in [6, 6.07) is 5.69. The summed E-state index contributed by atoms with van der Waals surface area (Å²) in [5.41, 5.74) is -0.808. The largest absolute Gasteiger partial charge is 2.00 e. The van der Waals surface area contributed by atoms with Crippen molar-refractivity contribution in [2.75, 3.05) is 26.4 Å². The van der Waals surface area contributed by atoms with Crippen LogP contribution in [0.5, 0.6) is 0 Å². The van der Waals surface area contributed by atoms with Crippen LogP contribution in [0.3, 0.4) is 0 Å². The molecule has 0 saturated carbocycles. The van der Waals surface area contributed by atoms with E-state index in [2.05, 4.69) is 0 Å². The summed E-state index contributed by atoms with van der Waals surface area (Å²) < 4.78 is 85.0. The smallest absolute Gasteiger partial charge is 0.744 e. The van der Waals surface area contributed by atoms with Gasteiger partial charge in [-0.05, 0) is 64.1 Å². The van der Waals surface area contributed by atoms with E-state index in [-0.39, 0.29) is 97.6 Å². The van der Waals surface area contributed by atoms with Gasteiger partial charge in [-0.1, -0.05) is 0 Å². The van der Waals surface area contributed by atoms with Crippen molar-refractivity contribution in [3.8, 4) is 0 Å². The summed E-state index contributed by atoms with van der Waals surface area (Å²) in [5.74, 6) is -3.32. The second-order valence-electron chi connectivity index (χ2n) is 7.28. The van der Waals surface area contributed by atoms with Crippen molar-refractivity contribution in [2.24, 2.45) is 0 Å². The molecule has 0 aliphatic rings. The molecular formula is C24H26BaO14S2. The quantitative estimate of drug-likeness (QED) is 0.146. The van der Waals surface area contributed by atoms with Gasteiger partial charge < -0.3 is 28.1 Å². The van der Waals surface area contributed by atoms with Gasteiger partial charge in [0.15, 0.2) is 0 Å². The number of hydrogen-bond donors (Lipinski definition) is 0. The molecule has 0 N–H and O–H groups in total. The molecule has 0 aliphatic carbocycles. The van der Waals surface area contributed by atoms with E-state index < -0.39 is 53.9 Å². The van der Waals surface area contributed by atoms with E-state index in [1.54, 1.807) is 27.7 Å². The average Bonchev–Trinajstić information content (AvgIpc) is 2.88. The summed E-state index contributed by atoms with van der Waals surface area (Å²) in [6.45, 7) is 6.56. The number of carbonyl (C=O) groups excluding carboxylic acids is 4. The van der Waals surface area contributed by atoms with Crippen molar-refractivity contribution in [2.45, 2.75) is 37.5 Å². The number of carbonyl (C=O) groups is 4. The first-order valence-electron chi connectivity index (χ1n) is 11.5. The van der Waals surface area contributed by atoms with Crippen molar-refractivity contribution in [3.63, 3.8) is 0 Å². The number of ether oxygens (including phenoxy) is 4. The Morgan fingerprint density at radius 2 is 0.707 bits per heavy atom. The van der Waals surface area contributed by atoms with Crippen LogP contribution >= 0.6 is 0 Å². The summed E-state index contributed by atoms with van der Waals surface area (Å²) in [5, 5.41) is 0. The van der Waals surface area contributed by atoms with Gasteiger partial charge in [0, 0.05) is 0 Å². The first-order valence-corrected chi connectivity index (χ1v) is 14.3. The fourth-order valence-electron chi connectivity index (χ4n) is 2.82. The predicted octanol–water partition coefficient (Wildman–Crippen LogP) is 1.51. The molecule has 0 aromatic heterocycles. The first-order chi connectivity index (χ1) is 18.6. The van der Waals surface area contributed by atoms with Gasteiger partial charge >= 0.3 is 72.8 Å². The van der Waals surface area contributed by atoms with Crippen LogP contribution in [0.4, 0.5) is 0 Å². The van der Waals surface area contributed by atoms with Crippen LogP contribution in [0.15, 0.2) is 46.2 Å². The molecule has 0 aliphatic heterocycles. The molecule has 0 atom stereocenters. The molecule has 17 heteroatoms. The van der Waals surface area contributed by atoms with Gasteiger partial charge in [-0.15, -0.1) is 0 Å². The van der Waals surface area contributed by atoms with Crippen LogP contribution in [-0.2, 0) is 39.2 Å². The maximum atomic E-state index is 11.6. The van der Waals surface area contributed by atoms with E-state index in [9.17, 15) is 45.1 Å². The SMILES string of the molecule is CCOC(=O)c1cc(C(=O)OCC)cc(S(=O)(=O)[O-])c1.CCOC(=O)c1cc(C(=O)OCC)cc(S(=O)(=O)[O-])c1.[Ba+2].